The van der Waals surface area contributed by atoms with E-state index in [1.165, 1.54) is 25.3 Å². The first-order valence-corrected chi connectivity index (χ1v) is 7.56. The number of nitrogens with zero attached hydrogens (tertiary/aromatic N) is 3. The zero-order chi connectivity index (χ0) is 17.7. The van der Waals surface area contributed by atoms with Crippen LogP contribution in [-0.4, -0.2) is 67.3 Å². The summed E-state index contributed by atoms with van der Waals surface area (Å²) in [4.78, 5) is 26.1. The molecule has 0 saturated carbocycles. The second kappa shape index (κ2) is 7.89. The molecule has 0 aliphatic carbocycles. The highest BCUT2D eigenvalue weighted by molar-refractivity contribution is 5.87. The number of likely N-dealkylation sites (N-methyl/N-ethyl adjacent to an activating group) is 1. The maximum atomic E-state index is 11.4. The Morgan fingerprint density at radius 1 is 1.50 bits per heavy atom. The molecule has 130 valence electrons. The molecule has 2 rings (SSSR count). The first-order valence-electron chi connectivity index (χ1n) is 7.56. The van der Waals surface area contributed by atoms with Gasteiger partial charge in [-0.05, 0) is 24.8 Å². The summed E-state index contributed by atoms with van der Waals surface area (Å²) >= 11 is 0. The fourth-order valence-corrected chi connectivity index (χ4v) is 2.65. The quantitative estimate of drug-likeness (QED) is 0.369. The lowest BCUT2D eigenvalue weighted by atomic mass is 10.1. The van der Waals surface area contributed by atoms with E-state index in [0.717, 1.165) is 0 Å². The van der Waals surface area contributed by atoms with Gasteiger partial charge in [-0.2, -0.15) is 0 Å². The molecule has 0 bridgehead atoms. The van der Waals surface area contributed by atoms with Crippen LogP contribution < -0.4 is 4.90 Å². The summed E-state index contributed by atoms with van der Waals surface area (Å²) in [7, 11) is 3.19. The first kappa shape index (κ1) is 17.9. The molecule has 24 heavy (non-hydrogen) atoms. The van der Waals surface area contributed by atoms with E-state index in [4.69, 9.17) is 0 Å². The summed E-state index contributed by atoms with van der Waals surface area (Å²) in [6, 6.07) is 4.77. The van der Waals surface area contributed by atoms with Crippen molar-refractivity contribution < 1.29 is 19.6 Å². The number of aliphatic hydroxyl groups excluding tert-OH is 1. The largest absolute Gasteiger partial charge is 0.466 e. The Kier molecular flexibility index (Phi) is 5.88. The van der Waals surface area contributed by atoms with Gasteiger partial charge in [-0.1, -0.05) is 6.07 Å². The van der Waals surface area contributed by atoms with Crippen LogP contribution in [0.2, 0.25) is 0 Å². The number of carbonyl (C=O) groups is 1. The number of aliphatic hydroxyl groups is 1. The molecule has 8 heteroatoms. The van der Waals surface area contributed by atoms with Crippen molar-refractivity contribution in [1.82, 2.24) is 4.90 Å². The summed E-state index contributed by atoms with van der Waals surface area (Å²) in [5.74, 6) is -0.522. The van der Waals surface area contributed by atoms with Gasteiger partial charge in [-0.25, -0.2) is 4.79 Å². The normalized spacial score (nSPS) is 18.8. The number of methoxy groups -OCH3 is 1. The van der Waals surface area contributed by atoms with Crippen LogP contribution in [-0.2, 0) is 9.53 Å². The lowest BCUT2D eigenvalue weighted by molar-refractivity contribution is -0.384. The number of piperazine rings is 1. The lowest BCUT2D eigenvalue weighted by Crippen LogP contribution is -2.53. The van der Waals surface area contributed by atoms with Gasteiger partial charge in [0.15, 0.2) is 0 Å². The minimum Gasteiger partial charge on any atom is -0.466 e. The number of anilines is 1. The fourth-order valence-electron chi connectivity index (χ4n) is 2.65. The van der Waals surface area contributed by atoms with E-state index >= 15 is 0 Å². The highest BCUT2D eigenvalue weighted by Crippen LogP contribution is 2.31. The number of carbonyl (C=O) groups excluding carboxylic acids is 1. The van der Waals surface area contributed by atoms with Gasteiger partial charge in [0.2, 0.25) is 0 Å². The molecular formula is C16H21N3O5. The third-order valence-electron chi connectivity index (χ3n) is 4.14. The maximum absolute atomic E-state index is 11.4. The van der Waals surface area contributed by atoms with Crippen LogP contribution in [0, 0.1) is 10.1 Å². The van der Waals surface area contributed by atoms with Crippen molar-refractivity contribution in [2.24, 2.45) is 0 Å². The Morgan fingerprint density at radius 2 is 2.25 bits per heavy atom. The first-order chi connectivity index (χ1) is 11.5. The van der Waals surface area contributed by atoms with Gasteiger partial charge in [0.1, 0.15) is 5.69 Å². The van der Waals surface area contributed by atoms with Gasteiger partial charge in [0, 0.05) is 31.8 Å². The van der Waals surface area contributed by atoms with Gasteiger partial charge in [0.05, 0.1) is 24.7 Å². The summed E-state index contributed by atoms with van der Waals surface area (Å²) in [6.07, 6.45) is 2.69. The number of benzene rings is 1. The van der Waals surface area contributed by atoms with Crippen LogP contribution >= 0.6 is 0 Å². The van der Waals surface area contributed by atoms with Crippen LogP contribution in [0.15, 0.2) is 24.3 Å². The van der Waals surface area contributed by atoms with Crippen molar-refractivity contribution in [2.45, 2.75) is 6.04 Å². The smallest absolute Gasteiger partial charge is 0.330 e. The topological polar surface area (TPSA) is 96.2 Å². The van der Waals surface area contributed by atoms with Crippen molar-refractivity contribution >= 4 is 23.4 Å². The zero-order valence-corrected chi connectivity index (χ0v) is 13.7. The van der Waals surface area contributed by atoms with Crippen molar-refractivity contribution in [3.05, 3.63) is 40.0 Å². The Bertz CT molecular complexity index is 647. The standard InChI is InChI=1S/C16H21N3O5/c1-17-7-8-18(10-13(17)11-20)14-5-3-12(4-6-16(21)24-2)9-15(14)19(22)23/h3-6,9,13,20H,7-8,10-11H2,1-2H3. The van der Waals surface area contributed by atoms with E-state index in [1.54, 1.807) is 12.1 Å². The Morgan fingerprint density at radius 3 is 2.88 bits per heavy atom. The number of hydrogen-bond acceptors (Lipinski definition) is 7. The van der Waals surface area contributed by atoms with E-state index in [1.807, 2.05) is 16.8 Å². The molecule has 8 nitrogen and oxygen atoms in total. The number of rotatable bonds is 5. The predicted molar refractivity (Wildman–Crippen MR) is 89.9 cm³/mol. The van der Waals surface area contributed by atoms with Crippen LogP contribution in [0.5, 0.6) is 0 Å². The molecule has 1 unspecified atom stereocenters. The Balaban J connectivity index is 2.28. The van der Waals surface area contributed by atoms with Crippen molar-refractivity contribution in [2.75, 3.05) is 45.3 Å². The molecule has 1 fully saturated rings. The van der Waals surface area contributed by atoms with Gasteiger partial charge in [-0.3, -0.25) is 15.0 Å². The number of hydrogen-bond donors (Lipinski definition) is 1. The molecule has 1 saturated heterocycles. The highest BCUT2D eigenvalue weighted by Gasteiger charge is 2.28. The third-order valence-corrected chi connectivity index (χ3v) is 4.14. The van der Waals surface area contributed by atoms with Crippen LogP contribution in [0.4, 0.5) is 11.4 Å². The van der Waals surface area contributed by atoms with E-state index in [2.05, 4.69) is 4.74 Å². The molecule has 1 aromatic carbocycles. The average molecular weight is 335 g/mol. The van der Waals surface area contributed by atoms with Gasteiger partial charge in [0.25, 0.3) is 5.69 Å². The van der Waals surface area contributed by atoms with Gasteiger partial charge in [-0.15, -0.1) is 0 Å². The highest BCUT2D eigenvalue weighted by atomic mass is 16.6. The molecule has 0 aromatic heterocycles. The minimum absolute atomic E-state index is 0.000742. The third kappa shape index (κ3) is 4.09. The molecule has 0 amide bonds. The maximum Gasteiger partial charge on any atom is 0.330 e. The molecule has 1 aliphatic heterocycles. The minimum atomic E-state index is -0.522. The molecule has 1 aliphatic rings. The van der Waals surface area contributed by atoms with Crippen molar-refractivity contribution in [3.63, 3.8) is 0 Å². The number of nitro benzene ring substituents is 1. The SMILES string of the molecule is COC(=O)C=Cc1ccc(N2CCN(C)C(CO)C2)c([N+](=O)[O-])c1. The number of nitro groups is 1. The molecule has 1 N–H and O–H groups in total. The zero-order valence-electron chi connectivity index (χ0n) is 13.7. The summed E-state index contributed by atoms with van der Waals surface area (Å²) < 4.78 is 4.51. The van der Waals surface area contributed by atoms with Crippen LogP contribution in [0.25, 0.3) is 6.08 Å². The van der Waals surface area contributed by atoms with Crippen molar-refractivity contribution in [3.8, 4) is 0 Å². The number of ether oxygens (including phenoxy) is 1. The number of esters is 1. The lowest BCUT2D eigenvalue weighted by Gasteiger charge is -2.39. The molecule has 1 aromatic rings. The van der Waals surface area contributed by atoms with Crippen LogP contribution in [0.1, 0.15) is 5.56 Å². The van der Waals surface area contributed by atoms with E-state index < -0.39 is 10.9 Å². The van der Waals surface area contributed by atoms with E-state index in [0.29, 0.717) is 30.9 Å². The molecule has 0 spiro atoms. The van der Waals surface area contributed by atoms with E-state index in [9.17, 15) is 20.0 Å². The monoisotopic (exact) mass is 335 g/mol. The van der Waals surface area contributed by atoms with Crippen molar-refractivity contribution in [1.29, 1.82) is 0 Å². The second-order valence-electron chi connectivity index (χ2n) is 5.62. The summed E-state index contributed by atoms with van der Waals surface area (Å²) in [6.45, 7) is 1.88. The van der Waals surface area contributed by atoms with Gasteiger partial charge < -0.3 is 14.7 Å². The van der Waals surface area contributed by atoms with Crippen LogP contribution in [0.3, 0.4) is 0 Å². The Hall–Kier alpha value is -2.45. The van der Waals surface area contributed by atoms with Gasteiger partial charge >= 0.3 is 5.97 Å². The molecule has 1 atom stereocenters. The van der Waals surface area contributed by atoms with E-state index in [-0.39, 0.29) is 18.3 Å². The fraction of sp³-hybridized carbons (Fsp3) is 0.438. The second-order valence-corrected chi connectivity index (χ2v) is 5.62. The summed E-state index contributed by atoms with van der Waals surface area (Å²) in [5, 5.41) is 20.9. The summed E-state index contributed by atoms with van der Waals surface area (Å²) in [5.41, 5.74) is 1.04. The molecule has 0 radical (unpaired) electrons. The molecular weight excluding hydrogens is 314 g/mol. The Labute approximate surface area is 140 Å². The molecule has 1 heterocycles. The predicted octanol–water partition coefficient (Wildman–Crippen LogP) is 0.894. The average Bonchev–Trinajstić information content (AvgIpc) is 2.59.